The molecule has 0 radical (unpaired) electrons. The lowest BCUT2D eigenvalue weighted by Crippen LogP contribution is -2.52. The third kappa shape index (κ3) is 4.53. The lowest BCUT2D eigenvalue weighted by Gasteiger charge is -2.55. The molecule has 0 aromatic rings. The molecule has 4 bridgehead atoms. The molecule has 4 aliphatic carbocycles. The number of ether oxygens (including phenoxy) is 1. The normalized spacial score (nSPS) is 34.0. The third-order valence-electron chi connectivity index (χ3n) is 6.60. The molecule has 4 saturated carbocycles. The van der Waals surface area contributed by atoms with Gasteiger partial charge < -0.3 is 9.64 Å². The molecule has 24 heavy (non-hydrogen) atoms. The molecule has 0 aromatic heterocycles. The van der Waals surface area contributed by atoms with E-state index in [0.717, 1.165) is 56.7 Å². The number of esters is 1. The Bertz CT molecular complexity index is 377. The summed E-state index contributed by atoms with van der Waals surface area (Å²) in [6, 6.07) is 0. The molecule has 4 fully saturated rings. The minimum atomic E-state index is -0.0660. The van der Waals surface area contributed by atoms with Crippen LogP contribution in [0.25, 0.3) is 0 Å². The number of hydrogen-bond acceptors (Lipinski definition) is 3. The van der Waals surface area contributed by atoms with Gasteiger partial charge in [-0.2, -0.15) is 0 Å². The van der Waals surface area contributed by atoms with E-state index in [1.807, 2.05) is 0 Å². The highest BCUT2D eigenvalue weighted by atomic mass is 16.6. The summed E-state index contributed by atoms with van der Waals surface area (Å²) in [5.41, 5.74) is -0.0660. The highest BCUT2D eigenvalue weighted by Gasteiger charge is 2.53. The molecule has 0 spiro atoms. The van der Waals surface area contributed by atoms with Gasteiger partial charge in [0.25, 0.3) is 0 Å². The predicted molar refractivity (Wildman–Crippen MR) is 97.9 cm³/mol. The minimum absolute atomic E-state index is 0.0648. The molecule has 0 aromatic carbocycles. The molecule has 0 heterocycles. The van der Waals surface area contributed by atoms with Crippen LogP contribution in [0.5, 0.6) is 0 Å². The maximum Gasteiger partial charge on any atom is 0.307 e. The Morgan fingerprint density at radius 3 is 1.88 bits per heavy atom. The highest BCUT2D eigenvalue weighted by Crippen LogP contribution is 2.57. The molecule has 0 saturated heterocycles. The van der Waals surface area contributed by atoms with Gasteiger partial charge in [0.2, 0.25) is 0 Å². The van der Waals surface area contributed by atoms with Gasteiger partial charge in [-0.15, -0.1) is 0 Å². The molecular formula is C21H37NO2. The molecule has 0 unspecified atom stereocenters. The summed E-state index contributed by atoms with van der Waals surface area (Å²) in [6.45, 7) is 7.60. The van der Waals surface area contributed by atoms with Crippen LogP contribution < -0.4 is 0 Å². The summed E-state index contributed by atoms with van der Waals surface area (Å²) >= 11 is 0. The summed E-state index contributed by atoms with van der Waals surface area (Å²) in [6.07, 6.45) is 13.1. The standard InChI is InChI=1S/C21H37NO2/c1-3-5-8-22(9-6-4-2)10-7-20(23)24-21-14-17-11-18(15-21)13-19(12-17)16-21/h17-19H,3-16H2,1-2H3. The van der Waals surface area contributed by atoms with Gasteiger partial charge in [-0.1, -0.05) is 26.7 Å². The summed E-state index contributed by atoms with van der Waals surface area (Å²) in [5, 5.41) is 0. The quantitative estimate of drug-likeness (QED) is 0.538. The van der Waals surface area contributed by atoms with Crippen LogP contribution >= 0.6 is 0 Å². The zero-order chi connectivity index (χ0) is 17.0. The van der Waals surface area contributed by atoms with Crippen molar-refractivity contribution in [3.8, 4) is 0 Å². The number of carbonyl (C=O) groups is 1. The van der Waals surface area contributed by atoms with Gasteiger partial charge in [-0.05, 0) is 82.2 Å². The molecule has 4 rings (SSSR count). The first-order valence-electron chi connectivity index (χ1n) is 10.6. The molecule has 138 valence electrons. The van der Waals surface area contributed by atoms with Crippen molar-refractivity contribution >= 4 is 5.97 Å². The Morgan fingerprint density at radius 1 is 0.917 bits per heavy atom. The van der Waals surface area contributed by atoms with Crippen molar-refractivity contribution in [1.82, 2.24) is 4.90 Å². The van der Waals surface area contributed by atoms with Gasteiger partial charge in [0, 0.05) is 6.54 Å². The molecule has 3 nitrogen and oxygen atoms in total. The van der Waals surface area contributed by atoms with Crippen LogP contribution in [-0.4, -0.2) is 36.1 Å². The summed E-state index contributed by atoms with van der Waals surface area (Å²) in [4.78, 5) is 15.0. The van der Waals surface area contributed by atoms with E-state index in [-0.39, 0.29) is 11.6 Å². The number of unbranched alkanes of at least 4 members (excludes halogenated alkanes) is 2. The highest BCUT2D eigenvalue weighted by molar-refractivity contribution is 5.70. The fraction of sp³-hybridized carbons (Fsp3) is 0.952. The van der Waals surface area contributed by atoms with E-state index in [4.69, 9.17) is 4.74 Å². The minimum Gasteiger partial charge on any atom is -0.459 e. The summed E-state index contributed by atoms with van der Waals surface area (Å²) < 4.78 is 6.14. The van der Waals surface area contributed by atoms with Crippen molar-refractivity contribution in [3.05, 3.63) is 0 Å². The van der Waals surface area contributed by atoms with E-state index in [0.29, 0.717) is 6.42 Å². The number of rotatable bonds is 10. The van der Waals surface area contributed by atoms with Crippen molar-refractivity contribution in [2.24, 2.45) is 17.8 Å². The smallest absolute Gasteiger partial charge is 0.307 e. The van der Waals surface area contributed by atoms with E-state index in [9.17, 15) is 4.79 Å². The van der Waals surface area contributed by atoms with E-state index < -0.39 is 0 Å². The third-order valence-corrected chi connectivity index (χ3v) is 6.60. The van der Waals surface area contributed by atoms with Gasteiger partial charge in [0.15, 0.2) is 0 Å². The zero-order valence-electron chi connectivity index (χ0n) is 15.9. The largest absolute Gasteiger partial charge is 0.459 e. The first-order chi connectivity index (χ1) is 11.6. The second-order valence-electron chi connectivity index (χ2n) is 8.87. The molecule has 3 heteroatoms. The van der Waals surface area contributed by atoms with Crippen molar-refractivity contribution in [2.45, 2.75) is 90.1 Å². The Morgan fingerprint density at radius 2 is 1.42 bits per heavy atom. The zero-order valence-corrected chi connectivity index (χ0v) is 15.9. The van der Waals surface area contributed by atoms with Crippen LogP contribution in [0.15, 0.2) is 0 Å². The van der Waals surface area contributed by atoms with Crippen LogP contribution in [0.2, 0.25) is 0 Å². The van der Waals surface area contributed by atoms with Gasteiger partial charge in [-0.25, -0.2) is 0 Å². The predicted octanol–water partition coefficient (Wildman–Crippen LogP) is 4.79. The van der Waals surface area contributed by atoms with Gasteiger partial charge in [0.05, 0.1) is 6.42 Å². The number of nitrogens with zero attached hydrogens (tertiary/aromatic N) is 1. The first kappa shape index (κ1) is 18.2. The Hall–Kier alpha value is -0.570. The fourth-order valence-electron chi connectivity index (χ4n) is 5.80. The van der Waals surface area contributed by atoms with E-state index in [1.165, 1.54) is 44.9 Å². The second-order valence-corrected chi connectivity index (χ2v) is 8.87. The molecular weight excluding hydrogens is 298 g/mol. The SMILES string of the molecule is CCCCN(CCCC)CCC(=O)OC12CC3CC(CC(C3)C1)C2. The number of carbonyl (C=O) groups excluding carboxylic acids is 1. The van der Waals surface area contributed by atoms with Crippen LogP contribution in [0.3, 0.4) is 0 Å². The average Bonchev–Trinajstić information content (AvgIpc) is 2.52. The van der Waals surface area contributed by atoms with Crippen molar-refractivity contribution in [1.29, 1.82) is 0 Å². The summed E-state index contributed by atoms with van der Waals surface area (Å²) in [7, 11) is 0. The second kappa shape index (κ2) is 8.21. The molecule has 0 amide bonds. The Balaban J connectivity index is 1.46. The van der Waals surface area contributed by atoms with Crippen LogP contribution in [-0.2, 0) is 9.53 Å². The van der Waals surface area contributed by atoms with Gasteiger partial charge in [0.1, 0.15) is 5.60 Å². The van der Waals surface area contributed by atoms with E-state index in [1.54, 1.807) is 0 Å². The summed E-state index contributed by atoms with van der Waals surface area (Å²) in [5.74, 6) is 2.59. The van der Waals surface area contributed by atoms with E-state index in [2.05, 4.69) is 18.7 Å². The topological polar surface area (TPSA) is 29.5 Å². The van der Waals surface area contributed by atoms with Gasteiger partial charge in [-0.3, -0.25) is 4.79 Å². The fourth-order valence-corrected chi connectivity index (χ4v) is 5.80. The monoisotopic (exact) mass is 335 g/mol. The first-order valence-corrected chi connectivity index (χ1v) is 10.6. The van der Waals surface area contributed by atoms with Crippen molar-refractivity contribution in [2.75, 3.05) is 19.6 Å². The van der Waals surface area contributed by atoms with Crippen molar-refractivity contribution < 1.29 is 9.53 Å². The Labute approximate surface area is 148 Å². The lowest BCUT2D eigenvalue weighted by molar-refractivity contribution is -0.186. The lowest BCUT2D eigenvalue weighted by atomic mass is 9.54. The Kier molecular flexibility index (Phi) is 6.23. The van der Waals surface area contributed by atoms with Gasteiger partial charge >= 0.3 is 5.97 Å². The molecule has 0 atom stereocenters. The molecule has 0 N–H and O–H groups in total. The molecule has 4 aliphatic rings. The van der Waals surface area contributed by atoms with Crippen LogP contribution in [0.4, 0.5) is 0 Å². The average molecular weight is 336 g/mol. The van der Waals surface area contributed by atoms with Crippen LogP contribution in [0, 0.1) is 17.8 Å². The molecule has 0 aliphatic heterocycles. The maximum atomic E-state index is 12.5. The maximum absolute atomic E-state index is 12.5. The van der Waals surface area contributed by atoms with Crippen molar-refractivity contribution in [3.63, 3.8) is 0 Å². The van der Waals surface area contributed by atoms with E-state index >= 15 is 0 Å². The number of hydrogen-bond donors (Lipinski definition) is 0. The van der Waals surface area contributed by atoms with Crippen LogP contribution in [0.1, 0.15) is 84.5 Å².